The van der Waals surface area contributed by atoms with Crippen molar-refractivity contribution in [2.24, 2.45) is 5.73 Å². The minimum absolute atomic E-state index is 0.0477. The van der Waals surface area contributed by atoms with Crippen LogP contribution in [-0.2, 0) is 17.8 Å². The van der Waals surface area contributed by atoms with Gasteiger partial charge in [-0.2, -0.15) is 0 Å². The maximum atomic E-state index is 10.2. The zero-order chi connectivity index (χ0) is 9.68. The van der Waals surface area contributed by atoms with Crippen LogP contribution >= 0.6 is 0 Å². The number of amides is 1. The smallest absolute Gasteiger partial charge is 0.404 e. The average Bonchev–Trinajstić information content (AvgIpc) is 2.50. The SMILES string of the molecule is CCCc1cc(COC(N)=O)on1. The summed E-state index contributed by atoms with van der Waals surface area (Å²) < 4.78 is 9.41. The second-order valence-electron chi connectivity index (χ2n) is 2.64. The van der Waals surface area contributed by atoms with Crippen molar-refractivity contribution >= 4 is 6.09 Å². The molecule has 0 aliphatic carbocycles. The highest BCUT2D eigenvalue weighted by atomic mass is 16.6. The Kier molecular flexibility index (Phi) is 3.31. The first-order valence-corrected chi connectivity index (χ1v) is 4.09. The van der Waals surface area contributed by atoms with Crippen molar-refractivity contribution < 1.29 is 14.1 Å². The maximum Gasteiger partial charge on any atom is 0.404 e. The topological polar surface area (TPSA) is 78.4 Å². The van der Waals surface area contributed by atoms with Crippen LogP contribution in [0.25, 0.3) is 0 Å². The van der Waals surface area contributed by atoms with Crippen LogP contribution in [0.3, 0.4) is 0 Å². The van der Waals surface area contributed by atoms with Gasteiger partial charge in [-0.25, -0.2) is 4.79 Å². The van der Waals surface area contributed by atoms with Gasteiger partial charge in [0.15, 0.2) is 12.4 Å². The van der Waals surface area contributed by atoms with E-state index >= 15 is 0 Å². The third-order valence-corrected chi connectivity index (χ3v) is 1.47. The molecular weight excluding hydrogens is 172 g/mol. The molecule has 5 heteroatoms. The van der Waals surface area contributed by atoms with E-state index in [0.717, 1.165) is 18.5 Å². The van der Waals surface area contributed by atoms with Crippen LogP contribution in [0.5, 0.6) is 0 Å². The van der Waals surface area contributed by atoms with Gasteiger partial charge >= 0.3 is 6.09 Å². The number of carbonyl (C=O) groups is 1. The highest BCUT2D eigenvalue weighted by molar-refractivity contribution is 5.64. The molecule has 0 aliphatic rings. The Balaban J connectivity index is 2.44. The first-order valence-electron chi connectivity index (χ1n) is 4.09. The van der Waals surface area contributed by atoms with Crippen LogP contribution < -0.4 is 5.73 Å². The van der Waals surface area contributed by atoms with Gasteiger partial charge in [0, 0.05) is 6.07 Å². The summed E-state index contributed by atoms with van der Waals surface area (Å²) in [6.07, 6.45) is 1.05. The van der Waals surface area contributed by atoms with Crippen LogP contribution in [-0.4, -0.2) is 11.2 Å². The molecule has 0 saturated carbocycles. The summed E-state index contributed by atoms with van der Waals surface area (Å²) in [5, 5.41) is 3.78. The number of rotatable bonds is 4. The van der Waals surface area contributed by atoms with Gasteiger partial charge in [0.1, 0.15) is 0 Å². The summed E-state index contributed by atoms with van der Waals surface area (Å²) in [6.45, 7) is 2.10. The molecule has 1 amide bonds. The van der Waals surface area contributed by atoms with Crippen molar-refractivity contribution in [3.05, 3.63) is 17.5 Å². The Morgan fingerprint density at radius 1 is 1.77 bits per heavy atom. The van der Waals surface area contributed by atoms with E-state index in [2.05, 4.69) is 9.89 Å². The Morgan fingerprint density at radius 3 is 3.15 bits per heavy atom. The molecule has 13 heavy (non-hydrogen) atoms. The number of carbonyl (C=O) groups excluding carboxylic acids is 1. The van der Waals surface area contributed by atoms with Crippen LogP contribution in [0.2, 0.25) is 0 Å². The quantitative estimate of drug-likeness (QED) is 0.763. The normalized spacial score (nSPS) is 9.92. The summed E-state index contributed by atoms with van der Waals surface area (Å²) in [5.74, 6) is 0.516. The number of aryl methyl sites for hydroxylation is 1. The molecule has 1 rings (SSSR count). The third kappa shape index (κ3) is 3.14. The number of primary amides is 1. The Bertz CT molecular complexity index is 283. The zero-order valence-corrected chi connectivity index (χ0v) is 7.45. The maximum absolute atomic E-state index is 10.2. The third-order valence-electron chi connectivity index (χ3n) is 1.47. The second kappa shape index (κ2) is 4.49. The summed E-state index contributed by atoms with van der Waals surface area (Å²) in [5.41, 5.74) is 5.65. The van der Waals surface area contributed by atoms with E-state index < -0.39 is 6.09 Å². The Morgan fingerprint density at radius 2 is 2.54 bits per heavy atom. The van der Waals surface area contributed by atoms with Crippen LogP contribution in [0.15, 0.2) is 10.6 Å². The highest BCUT2D eigenvalue weighted by Crippen LogP contribution is 2.06. The van der Waals surface area contributed by atoms with E-state index in [1.54, 1.807) is 6.07 Å². The molecule has 0 aliphatic heterocycles. The first-order chi connectivity index (χ1) is 6.22. The van der Waals surface area contributed by atoms with Crippen molar-refractivity contribution in [1.29, 1.82) is 0 Å². The number of nitrogens with zero attached hydrogens (tertiary/aromatic N) is 1. The van der Waals surface area contributed by atoms with Crippen molar-refractivity contribution in [2.45, 2.75) is 26.4 Å². The Labute approximate surface area is 75.8 Å². The molecule has 1 heterocycles. The average molecular weight is 184 g/mol. The minimum Gasteiger partial charge on any atom is -0.441 e. The van der Waals surface area contributed by atoms with Crippen molar-refractivity contribution in [1.82, 2.24) is 5.16 Å². The van der Waals surface area contributed by atoms with Crippen LogP contribution in [0.1, 0.15) is 24.8 Å². The number of aromatic nitrogens is 1. The molecule has 0 saturated heterocycles. The van der Waals surface area contributed by atoms with E-state index in [9.17, 15) is 4.79 Å². The van der Waals surface area contributed by atoms with Crippen molar-refractivity contribution in [3.63, 3.8) is 0 Å². The van der Waals surface area contributed by atoms with Gasteiger partial charge in [0.25, 0.3) is 0 Å². The summed E-state index contributed by atoms with van der Waals surface area (Å²) >= 11 is 0. The van der Waals surface area contributed by atoms with E-state index in [1.165, 1.54) is 0 Å². The van der Waals surface area contributed by atoms with E-state index in [0.29, 0.717) is 5.76 Å². The number of hydrogen-bond acceptors (Lipinski definition) is 4. The largest absolute Gasteiger partial charge is 0.441 e. The molecule has 72 valence electrons. The molecule has 2 N–H and O–H groups in total. The fourth-order valence-corrected chi connectivity index (χ4v) is 0.940. The number of ether oxygens (including phenoxy) is 1. The lowest BCUT2D eigenvalue weighted by molar-refractivity contribution is 0.137. The molecule has 1 aromatic rings. The zero-order valence-electron chi connectivity index (χ0n) is 7.45. The summed E-state index contributed by atoms with van der Waals surface area (Å²) in [7, 11) is 0. The molecule has 0 bridgehead atoms. The van der Waals surface area contributed by atoms with Gasteiger partial charge in [0.2, 0.25) is 0 Å². The lowest BCUT2D eigenvalue weighted by atomic mass is 10.2. The van der Waals surface area contributed by atoms with Gasteiger partial charge in [-0.3, -0.25) is 0 Å². The van der Waals surface area contributed by atoms with Gasteiger partial charge in [0.05, 0.1) is 5.69 Å². The van der Waals surface area contributed by atoms with Crippen molar-refractivity contribution in [3.8, 4) is 0 Å². The standard InChI is InChI=1S/C8H12N2O3/c1-2-3-6-4-7(13-10-6)5-12-8(9)11/h4H,2-3,5H2,1H3,(H2,9,11). The van der Waals surface area contributed by atoms with Gasteiger partial charge < -0.3 is 15.0 Å². The van der Waals surface area contributed by atoms with Gasteiger partial charge in [-0.05, 0) is 6.42 Å². The second-order valence-corrected chi connectivity index (χ2v) is 2.64. The summed E-state index contributed by atoms with van der Waals surface area (Å²) in [6, 6.07) is 1.76. The van der Waals surface area contributed by atoms with Crippen LogP contribution in [0.4, 0.5) is 4.79 Å². The fraction of sp³-hybridized carbons (Fsp3) is 0.500. The number of nitrogens with two attached hydrogens (primary N) is 1. The van der Waals surface area contributed by atoms with Gasteiger partial charge in [-0.15, -0.1) is 0 Å². The molecule has 0 spiro atoms. The molecule has 0 fully saturated rings. The molecule has 0 aromatic carbocycles. The molecule has 5 nitrogen and oxygen atoms in total. The molecule has 0 radical (unpaired) electrons. The van der Waals surface area contributed by atoms with Crippen molar-refractivity contribution in [2.75, 3.05) is 0 Å². The van der Waals surface area contributed by atoms with Gasteiger partial charge in [-0.1, -0.05) is 18.5 Å². The van der Waals surface area contributed by atoms with E-state index in [1.807, 2.05) is 6.92 Å². The van der Waals surface area contributed by atoms with Crippen LogP contribution in [0, 0.1) is 0 Å². The molecule has 1 aromatic heterocycles. The number of hydrogen-bond donors (Lipinski definition) is 1. The molecular formula is C8H12N2O3. The minimum atomic E-state index is -0.812. The van der Waals surface area contributed by atoms with E-state index in [4.69, 9.17) is 10.3 Å². The predicted molar refractivity (Wildman–Crippen MR) is 44.9 cm³/mol. The monoisotopic (exact) mass is 184 g/mol. The first kappa shape index (κ1) is 9.57. The molecule has 0 unspecified atom stereocenters. The fourth-order valence-electron chi connectivity index (χ4n) is 0.940. The lowest BCUT2D eigenvalue weighted by Gasteiger charge is -1.94. The van der Waals surface area contributed by atoms with E-state index in [-0.39, 0.29) is 6.61 Å². The lowest BCUT2D eigenvalue weighted by Crippen LogP contribution is -2.12. The highest BCUT2D eigenvalue weighted by Gasteiger charge is 2.04. The molecule has 0 atom stereocenters. The summed E-state index contributed by atoms with van der Waals surface area (Å²) in [4.78, 5) is 10.2. The Hall–Kier alpha value is -1.52. The predicted octanol–water partition coefficient (Wildman–Crippen LogP) is 1.22.